The van der Waals surface area contributed by atoms with Crippen molar-refractivity contribution in [2.45, 2.75) is 12.8 Å². The highest BCUT2D eigenvalue weighted by Crippen LogP contribution is 2.18. The van der Waals surface area contributed by atoms with Gasteiger partial charge in [0.2, 0.25) is 0 Å². The SMILES string of the molecule is CC(CNc1cc(C(=O)O)ccn1)c1nccs1. The minimum atomic E-state index is -0.951. The van der Waals surface area contributed by atoms with Crippen LogP contribution in [-0.2, 0) is 0 Å². The number of carboxylic acid groups (broad SMARTS) is 1. The molecule has 6 heteroatoms. The van der Waals surface area contributed by atoms with Gasteiger partial charge in [-0.3, -0.25) is 0 Å². The van der Waals surface area contributed by atoms with Gasteiger partial charge in [0.15, 0.2) is 0 Å². The number of rotatable bonds is 5. The molecule has 0 aliphatic carbocycles. The van der Waals surface area contributed by atoms with Crippen LogP contribution in [0.5, 0.6) is 0 Å². The van der Waals surface area contributed by atoms with Crippen molar-refractivity contribution in [3.63, 3.8) is 0 Å². The molecule has 2 N–H and O–H groups in total. The van der Waals surface area contributed by atoms with Crippen molar-refractivity contribution < 1.29 is 9.90 Å². The van der Waals surface area contributed by atoms with Gasteiger partial charge in [0.1, 0.15) is 5.82 Å². The average Bonchev–Trinajstić information content (AvgIpc) is 2.90. The van der Waals surface area contributed by atoms with E-state index in [1.54, 1.807) is 17.5 Å². The standard InChI is InChI=1S/C12H13N3O2S/c1-8(11-14-4-5-18-11)7-15-10-6-9(12(16)17)2-3-13-10/h2-6,8H,7H2,1H3,(H,13,15)(H,16,17). The highest BCUT2D eigenvalue weighted by molar-refractivity contribution is 7.09. The van der Waals surface area contributed by atoms with Crippen molar-refractivity contribution in [1.29, 1.82) is 0 Å². The number of pyridine rings is 1. The van der Waals surface area contributed by atoms with Gasteiger partial charge >= 0.3 is 5.97 Å². The smallest absolute Gasteiger partial charge is 0.335 e. The second-order valence-electron chi connectivity index (χ2n) is 3.89. The summed E-state index contributed by atoms with van der Waals surface area (Å²) in [5, 5.41) is 15.0. The number of aromatic carboxylic acids is 1. The van der Waals surface area contributed by atoms with Crippen molar-refractivity contribution in [3.8, 4) is 0 Å². The number of nitrogens with zero attached hydrogens (tertiary/aromatic N) is 2. The molecule has 0 aliphatic heterocycles. The van der Waals surface area contributed by atoms with Gasteiger partial charge in [0.05, 0.1) is 10.6 Å². The number of carbonyl (C=O) groups is 1. The summed E-state index contributed by atoms with van der Waals surface area (Å²) < 4.78 is 0. The number of carboxylic acids is 1. The van der Waals surface area contributed by atoms with E-state index >= 15 is 0 Å². The summed E-state index contributed by atoms with van der Waals surface area (Å²) >= 11 is 1.61. The lowest BCUT2D eigenvalue weighted by atomic mass is 10.2. The fourth-order valence-corrected chi connectivity index (χ4v) is 2.18. The Bertz CT molecular complexity index is 528. The molecule has 2 heterocycles. The first kappa shape index (κ1) is 12.5. The van der Waals surface area contributed by atoms with E-state index in [-0.39, 0.29) is 11.5 Å². The molecule has 0 aliphatic rings. The van der Waals surface area contributed by atoms with Gasteiger partial charge in [-0.15, -0.1) is 11.3 Å². The van der Waals surface area contributed by atoms with E-state index in [0.717, 1.165) is 5.01 Å². The highest BCUT2D eigenvalue weighted by atomic mass is 32.1. The van der Waals surface area contributed by atoms with E-state index in [1.807, 2.05) is 5.38 Å². The van der Waals surface area contributed by atoms with Crippen molar-refractivity contribution in [2.24, 2.45) is 0 Å². The Labute approximate surface area is 109 Å². The summed E-state index contributed by atoms with van der Waals surface area (Å²) in [5.41, 5.74) is 0.231. The van der Waals surface area contributed by atoms with Gasteiger partial charge in [0, 0.05) is 30.2 Å². The number of thiazole rings is 1. The molecule has 1 unspecified atom stereocenters. The monoisotopic (exact) mass is 263 g/mol. The van der Waals surface area contributed by atoms with Crippen molar-refractivity contribution >= 4 is 23.1 Å². The lowest BCUT2D eigenvalue weighted by molar-refractivity contribution is 0.0697. The normalized spacial score (nSPS) is 12.1. The number of anilines is 1. The van der Waals surface area contributed by atoms with Gasteiger partial charge in [-0.2, -0.15) is 0 Å². The molecule has 18 heavy (non-hydrogen) atoms. The van der Waals surface area contributed by atoms with Crippen LogP contribution in [0.4, 0.5) is 5.82 Å². The number of hydrogen-bond donors (Lipinski definition) is 2. The first-order valence-electron chi connectivity index (χ1n) is 5.49. The van der Waals surface area contributed by atoms with Crippen LogP contribution in [0, 0.1) is 0 Å². The molecule has 0 saturated carbocycles. The van der Waals surface area contributed by atoms with Crippen LogP contribution < -0.4 is 5.32 Å². The number of aromatic nitrogens is 2. The van der Waals surface area contributed by atoms with Crippen LogP contribution >= 0.6 is 11.3 Å². The largest absolute Gasteiger partial charge is 0.478 e. The molecule has 5 nitrogen and oxygen atoms in total. The fraction of sp³-hybridized carbons (Fsp3) is 0.250. The summed E-state index contributed by atoms with van der Waals surface area (Å²) in [7, 11) is 0. The van der Waals surface area contributed by atoms with Gasteiger partial charge in [-0.25, -0.2) is 14.8 Å². The fourth-order valence-electron chi connectivity index (χ4n) is 1.48. The molecular weight excluding hydrogens is 250 g/mol. The van der Waals surface area contributed by atoms with Crippen molar-refractivity contribution in [3.05, 3.63) is 40.5 Å². The Kier molecular flexibility index (Phi) is 3.88. The second-order valence-corrected chi connectivity index (χ2v) is 4.81. The van der Waals surface area contributed by atoms with E-state index in [4.69, 9.17) is 5.11 Å². The molecule has 94 valence electrons. The predicted molar refractivity (Wildman–Crippen MR) is 70.2 cm³/mol. The third kappa shape index (κ3) is 3.04. The summed E-state index contributed by atoms with van der Waals surface area (Å²) in [6, 6.07) is 2.99. The zero-order valence-electron chi connectivity index (χ0n) is 9.83. The number of hydrogen-bond acceptors (Lipinski definition) is 5. The maximum atomic E-state index is 10.8. The molecule has 1 atom stereocenters. The van der Waals surface area contributed by atoms with Gasteiger partial charge in [-0.05, 0) is 12.1 Å². The third-order valence-corrected chi connectivity index (χ3v) is 3.48. The summed E-state index contributed by atoms with van der Waals surface area (Å²) in [6.07, 6.45) is 3.26. The van der Waals surface area contributed by atoms with E-state index in [1.165, 1.54) is 18.3 Å². The molecule has 0 fully saturated rings. The topological polar surface area (TPSA) is 75.1 Å². The van der Waals surface area contributed by atoms with E-state index in [2.05, 4.69) is 22.2 Å². The van der Waals surface area contributed by atoms with Crippen LogP contribution in [0.15, 0.2) is 29.9 Å². The van der Waals surface area contributed by atoms with Crippen LogP contribution in [0.1, 0.15) is 28.2 Å². The first-order valence-corrected chi connectivity index (χ1v) is 6.37. The molecule has 0 spiro atoms. The quantitative estimate of drug-likeness (QED) is 0.866. The van der Waals surface area contributed by atoms with E-state index < -0.39 is 5.97 Å². The first-order chi connectivity index (χ1) is 8.66. The van der Waals surface area contributed by atoms with Crippen LogP contribution in [-0.4, -0.2) is 27.6 Å². The predicted octanol–water partition coefficient (Wildman–Crippen LogP) is 2.45. The van der Waals surface area contributed by atoms with Gasteiger partial charge in [0.25, 0.3) is 0 Å². The zero-order valence-corrected chi connectivity index (χ0v) is 10.6. The molecule has 0 amide bonds. The van der Waals surface area contributed by atoms with Crippen LogP contribution in [0.3, 0.4) is 0 Å². The van der Waals surface area contributed by atoms with Gasteiger partial charge < -0.3 is 10.4 Å². The molecule has 0 aromatic carbocycles. The summed E-state index contributed by atoms with van der Waals surface area (Å²) in [5.74, 6) is -0.119. The Morgan fingerprint density at radius 1 is 1.50 bits per heavy atom. The maximum absolute atomic E-state index is 10.8. The van der Waals surface area contributed by atoms with E-state index in [9.17, 15) is 4.79 Å². The Hall–Kier alpha value is -1.95. The molecular formula is C12H13N3O2S. The Morgan fingerprint density at radius 2 is 2.33 bits per heavy atom. The lowest BCUT2D eigenvalue weighted by Gasteiger charge is -2.10. The van der Waals surface area contributed by atoms with Crippen molar-refractivity contribution in [1.82, 2.24) is 9.97 Å². The molecule has 2 rings (SSSR count). The third-order valence-electron chi connectivity index (χ3n) is 2.47. The lowest BCUT2D eigenvalue weighted by Crippen LogP contribution is -2.11. The molecule has 0 saturated heterocycles. The Balaban J connectivity index is 1.98. The average molecular weight is 263 g/mol. The number of nitrogens with one attached hydrogen (secondary N) is 1. The summed E-state index contributed by atoms with van der Waals surface area (Å²) in [6.45, 7) is 2.73. The van der Waals surface area contributed by atoms with E-state index in [0.29, 0.717) is 12.4 Å². The minimum absolute atomic E-state index is 0.231. The molecule has 0 radical (unpaired) electrons. The van der Waals surface area contributed by atoms with Gasteiger partial charge in [-0.1, -0.05) is 6.92 Å². The van der Waals surface area contributed by atoms with Crippen molar-refractivity contribution in [2.75, 3.05) is 11.9 Å². The molecule has 2 aromatic heterocycles. The molecule has 0 bridgehead atoms. The summed E-state index contributed by atoms with van der Waals surface area (Å²) in [4.78, 5) is 19.1. The maximum Gasteiger partial charge on any atom is 0.335 e. The zero-order chi connectivity index (χ0) is 13.0. The molecule has 2 aromatic rings. The minimum Gasteiger partial charge on any atom is -0.478 e. The van der Waals surface area contributed by atoms with Crippen LogP contribution in [0.2, 0.25) is 0 Å². The Morgan fingerprint density at radius 3 is 3.00 bits per heavy atom. The van der Waals surface area contributed by atoms with Crippen LogP contribution in [0.25, 0.3) is 0 Å². The second kappa shape index (κ2) is 5.59. The highest BCUT2D eigenvalue weighted by Gasteiger charge is 2.09.